The zero-order chi connectivity index (χ0) is 18.3. The summed E-state index contributed by atoms with van der Waals surface area (Å²) in [6, 6.07) is 0. The molecule has 4 nitrogen and oxygen atoms in total. The van der Waals surface area contributed by atoms with Crippen LogP contribution >= 0.6 is 0 Å². The quantitative estimate of drug-likeness (QED) is 0.456. The molecule has 0 unspecified atom stereocenters. The lowest BCUT2D eigenvalue weighted by Gasteiger charge is -2.46. The summed E-state index contributed by atoms with van der Waals surface area (Å²) in [5.41, 5.74) is 1.60. The fraction of sp³-hybridized carbons (Fsp3) is 0.895. The molecule has 1 saturated heterocycles. The molecule has 0 spiro atoms. The Kier molecular flexibility index (Phi) is 9.16. The van der Waals surface area contributed by atoms with E-state index in [2.05, 4.69) is 48.1 Å². The summed E-state index contributed by atoms with van der Waals surface area (Å²) in [5, 5.41) is 9.88. The van der Waals surface area contributed by atoms with Crippen molar-refractivity contribution in [2.24, 2.45) is 0 Å². The van der Waals surface area contributed by atoms with Gasteiger partial charge in [-0.15, -0.1) is 6.58 Å². The Labute approximate surface area is 149 Å². The Morgan fingerprint density at radius 1 is 1.17 bits per heavy atom. The summed E-state index contributed by atoms with van der Waals surface area (Å²) >= 11 is 0. The van der Waals surface area contributed by atoms with Gasteiger partial charge < -0.3 is 19.0 Å². The zero-order valence-corrected chi connectivity index (χ0v) is 17.5. The third kappa shape index (κ3) is 5.40. The third-order valence-corrected chi connectivity index (χ3v) is 11.3. The number of hydrogen-bond donors (Lipinski definition) is 1. The fourth-order valence-corrected chi connectivity index (χ4v) is 9.70. The van der Waals surface area contributed by atoms with E-state index in [1.54, 1.807) is 6.08 Å². The van der Waals surface area contributed by atoms with Gasteiger partial charge in [0.2, 0.25) is 8.32 Å². The molecule has 0 bridgehead atoms. The maximum atomic E-state index is 9.88. The van der Waals surface area contributed by atoms with Gasteiger partial charge in [0.25, 0.3) is 0 Å². The van der Waals surface area contributed by atoms with Gasteiger partial charge >= 0.3 is 0 Å². The molecular weight excluding hydrogens is 320 g/mol. The summed E-state index contributed by atoms with van der Waals surface area (Å²) in [6.07, 6.45) is 3.26. The van der Waals surface area contributed by atoms with Gasteiger partial charge in [0, 0.05) is 6.61 Å². The first-order chi connectivity index (χ1) is 11.3. The van der Waals surface area contributed by atoms with Crippen molar-refractivity contribution in [3.05, 3.63) is 12.7 Å². The van der Waals surface area contributed by atoms with Gasteiger partial charge in [-0.3, -0.25) is 0 Å². The molecule has 1 aliphatic heterocycles. The molecule has 0 aliphatic carbocycles. The lowest BCUT2D eigenvalue weighted by Crippen LogP contribution is -2.54. The predicted octanol–water partition coefficient (Wildman–Crippen LogP) is 4.64. The van der Waals surface area contributed by atoms with Gasteiger partial charge in [-0.05, 0) is 35.9 Å². The SMILES string of the molecule is C=CC[C@@H](O)CO[C@@H]1OCCC[C@H]1O[Si](C(C)C)(C(C)C)C(C)C. The first-order valence-electron chi connectivity index (χ1n) is 9.45. The van der Waals surface area contributed by atoms with Crippen LogP contribution in [0.1, 0.15) is 60.8 Å². The van der Waals surface area contributed by atoms with E-state index >= 15 is 0 Å². The van der Waals surface area contributed by atoms with Crippen molar-refractivity contribution in [1.29, 1.82) is 0 Å². The Hall–Kier alpha value is -0.203. The van der Waals surface area contributed by atoms with Crippen molar-refractivity contribution >= 4 is 8.32 Å². The molecule has 1 aliphatic rings. The van der Waals surface area contributed by atoms with Gasteiger partial charge in [-0.1, -0.05) is 47.6 Å². The topological polar surface area (TPSA) is 47.9 Å². The molecule has 24 heavy (non-hydrogen) atoms. The van der Waals surface area contributed by atoms with E-state index in [1.165, 1.54) is 0 Å². The van der Waals surface area contributed by atoms with Gasteiger partial charge in [0.1, 0.15) is 0 Å². The van der Waals surface area contributed by atoms with Crippen molar-refractivity contribution in [3.63, 3.8) is 0 Å². The number of aliphatic hydroxyl groups is 1. The Balaban J connectivity index is 2.83. The van der Waals surface area contributed by atoms with Crippen LogP contribution in [0.15, 0.2) is 12.7 Å². The molecule has 0 aromatic carbocycles. The molecule has 1 N–H and O–H groups in total. The summed E-state index contributed by atoms with van der Waals surface area (Å²) in [5.74, 6) is 0. The van der Waals surface area contributed by atoms with Crippen LogP contribution in [-0.4, -0.2) is 45.1 Å². The Morgan fingerprint density at radius 3 is 2.25 bits per heavy atom. The van der Waals surface area contributed by atoms with Crippen LogP contribution in [0.4, 0.5) is 0 Å². The second-order valence-corrected chi connectivity index (χ2v) is 13.3. The lowest BCUT2D eigenvalue weighted by atomic mass is 10.1. The van der Waals surface area contributed by atoms with E-state index in [4.69, 9.17) is 13.9 Å². The van der Waals surface area contributed by atoms with Crippen LogP contribution in [0.3, 0.4) is 0 Å². The monoisotopic (exact) mass is 358 g/mol. The van der Waals surface area contributed by atoms with Crippen LogP contribution in [0.25, 0.3) is 0 Å². The summed E-state index contributed by atoms with van der Waals surface area (Å²) in [7, 11) is -1.97. The van der Waals surface area contributed by atoms with Gasteiger partial charge in [0.15, 0.2) is 6.29 Å². The maximum Gasteiger partial charge on any atom is 0.201 e. The molecule has 0 amide bonds. The van der Waals surface area contributed by atoms with E-state index < -0.39 is 14.4 Å². The van der Waals surface area contributed by atoms with Crippen molar-refractivity contribution in [2.45, 2.75) is 95.9 Å². The van der Waals surface area contributed by atoms with E-state index in [1.807, 2.05) is 0 Å². The highest BCUT2D eigenvalue weighted by Gasteiger charge is 2.48. The minimum atomic E-state index is -1.97. The Morgan fingerprint density at radius 2 is 1.75 bits per heavy atom. The summed E-state index contributed by atoms with van der Waals surface area (Å²) in [4.78, 5) is 0. The second kappa shape index (κ2) is 10.1. The van der Waals surface area contributed by atoms with Crippen LogP contribution in [0.5, 0.6) is 0 Å². The van der Waals surface area contributed by atoms with Crippen molar-refractivity contribution in [2.75, 3.05) is 13.2 Å². The Bertz CT molecular complexity index is 349. The predicted molar refractivity (Wildman–Crippen MR) is 102 cm³/mol. The number of hydrogen-bond acceptors (Lipinski definition) is 4. The van der Waals surface area contributed by atoms with E-state index in [9.17, 15) is 5.11 Å². The lowest BCUT2D eigenvalue weighted by molar-refractivity contribution is -0.219. The first-order valence-corrected chi connectivity index (χ1v) is 11.6. The average molecular weight is 359 g/mol. The van der Waals surface area contributed by atoms with E-state index in [-0.39, 0.29) is 19.0 Å². The van der Waals surface area contributed by atoms with Gasteiger partial charge in [0.05, 0.1) is 18.8 Å². The number of ether oxygens (including phenoxy) is 2. The van der Waals surface area contributed by atoms with Crippen molar-refractivity contribution in [3.8, 4) is 0 Å². The number of rotatable bonds is 10. The normalized spacial score (nSPS) is 23.9. The number of aliphatic hydroxyl groups excluding tert-OH is 1. The molecule has 5 heteroatoms. The fourth-order valence-electron chi connectivity index (χ4n) is 4.13. The highest BCUT2D eigenvalue weighted by Crippen LogP contribution is 2.44. The molecule has 0 saturated carbocycles. The second-order valence-electron chi connectivity index (χ2n) is 7.87. The largest absolute Gasteiger partial charge is 0.408 e. The van der Waals surface area contributed by atoms with Gasteiger partial charge in [-0.2, -0.15) is 0 Å². The highest BCUT2D eigenvalue weighted by atomic mass is 28.4. The molecule has 0 aromatic heterocycles. The van der Waals surface area contributed by atoms with E-state index in [0.29, 0.717) is 29.7 Å². The standard InChI is InChI=1S/C19H38O4Si/c1-8-10-17(20)13-22-19-18(11-9-12-21-19)23-24(14(2)3,15(4)5)16(6)7/h8,14-20H,1,9-13H2,2-7H3/t17-,18-,19+/m1/s1. The van der Waals surface area contributed by atoms with Crippen molar-refractivity contribution in [1.82, 2.24) is 0 Å². The average Bonchev–Trinajstić information content (AvgIpc) is 2.50. The van der Waals surface area contributed by atoms with Crippen LogP contribution < -0.4 is 0 Å². The molecule has 3 atom stereocenters. The van der Waals surface area contributed by atoms with Crippen LogP contribution in [0, 0.1) is 0 Å². The molecular formula is C19H38O4Si. The van der Waals surface area contributed by atoms with Crippen LogP contribution in [0.2, 0.25) is 16.6 Å². The molecule has 1 heterocycles. The molecule has 1 rings (SSSR count). The molecule has 0 aromatic rings. The van der Waals surface area contributed by atoms with Crippen molar-refractivity contribution < 1.29 is 19.0 Å². The smallest absolute Gasteiger partial charge is 0.201 e. The summed E-state index contributed by atoms with van der Waals surface area (Å²) in [6.45, 7) is 18.4. The minimum Gasteiger partial charge on any atom is -0.408 e. The highest BCUT2D eigenvalue weighted by molar-refractivity contribution is 6.77. The van der Waals surface area contributed by atoms with Gasteiger partial charge in [-0.25, -0.2) is 0 Å². The molecule has 1 fully saturated rings. The molecule has 142 valence electrons. The third-order valence-electron chi connectivity index (χ3n) is 5.17. The first kappa shape index (κ1) is 21.8. The molecule has 0 radical (unpaired) electrons. The minimum absolute atomic E-state index is 0.0338. The maximum absolute atomic E-state index is 9.88. The van der Waals surface area contributed by atoms with Crippen LogP contribution in [-0.2, 0) is 13.9 Å². The summed E-state index contributed by atoms with van der Waals surface area (Å²) < 4.78 is 18.6. The zero-order valence-electron chi connectivity index (χ0n) is 16.5. The van der Waals surface area contributed by atoms with E-state index in [0.717, 1.165) is 12.8 Å².